The van der Waals surface area contributed by atoms with E-state index in [9.17, 15) is 4.79 Å². The summed E-state index contributed by atoms with van der Waals surface area (Å²) < 4.78 is 5.28. The first kappa shape index (κ1) is 10.9. The molecule has 0 amide bonds. The number of nitrogens with two attached hydrogens (primary N) is 1. The number of nitrogens with zero attached hydrogens (tertiary/aromatic N) is 1. The summed E-state index contributed by atoms with van der Waals surface area (Å²) in [4.78, 5) is 19.4. The van der Waals surface area contributed by atoms with Crippen LogP contribution in [0.25, 0.3) is 0 Å². The lowest BCUT2D eigenvalue weighted by Crippen LogP contribution is -2.39. The number of nitrogens with one attached hydrogen (secondary N) is 1. The Hall–Kier alpha value is -1.20. The highest BCUT2D eigenvalue weighted by Gasteiger charge is 2.34. The SMILES string of the molecule is NC1(c2nc3c(c(=O)[nH]2)COCC3)CCCC1. The van der Waals surface area contributed by atoms with Gasteiger partial charge in [0.15, 0.2) is 0 Å². The van der Waals surface area contributed by atoms with Gasteiger partial charge in [0.25, 0.3) is 5.56 Å². The third kappa shape index (κ3) is 1.79. The van der Waals surface area contributed by atoms with Gasteiger partial charge in [-0.25, -0.2) is 4.98 Å². The molecule has 0 saturated heterocycles. The van der Waals surface area contributed by atoms with Crippen LogP contribution in [0.4, 0.5) is 0 Å². The highest BCUT2D eigenvalue weighted by molar-refractivity contribution is 5.22. The molecule has 0 bridgehead atoms. The molecule has 0 atom stereocenters. The molecular formula is C12H17N3O2. The smallest absolute Gasteiger partial charge is 0.256 e. The molecule has 5 heteroatoms. The Bertz CT molecular complexity index is 489. The zero-order valence-corrected chi connectivity index (χ0v) is 9.79. The minimum atomic E-state index is -0.424. The maximum atomic E-state index is 12.0. The number of aromatic amines is 1. The maximum absolute atomic E-state index is 12.0. The molecule has 3 N–H and O–H groups in total. The summed E-state index contributed by atoms with van der Waals surface area (Å²) in [6.45, 7) is 1.01. The topological polar surface area (TPSA) is 81.0 Å². The molecule has 1 aliphatic carbocycles. The second-order valence-corrected chi connectivity index (χ2v) is 5.01. The lowest BCUT2D eigenvalue weighted by atomic mass is 9.97. The zero-order valence-electron chi connectivity index (χ0n) is 9.79. The van der Waals surface area contributed by atoms with E-state index in [-0.39, 0.29) is 5.56 Å². The Kier molecular flexibility index (Phi) is 2.52. The van der Waals surface area contributed by atoms with Crippen LogP contribution in [0.1, 0.15) is 42.8 Å². The van der Waals surface area contributed by atoms with Crippen LogP contribution in [0.15, 0.2) is 4.79 Å². The van der Waals surface area contributed by atoms with Crippen molar-refractivity contribution >= 4 is 0 Å². The van der Waals surface area contributed by atoms with Gasteiger partial charge < -0.3 is 15.5 Å². The summed E-state index contributed by atoms with van der Waals surface area (Å²) in [5.74, 6) is 0.667. The number of rotatable bonds is 1. The van der Waals surface area contributed by atoms with Crippen molar-refractivity contribution < 1.29 is 4.74 Å². The molecular weight excluding hydrogens is 218 g/mol. The van der Waals surface area contributed by atoms with Gasteiger partial charge in [0.2, 0.25) is 0 Å². The molecule has 3 rings (SSSR count). The van der Waals surface area contributed by atoms with Crippen LogP contribution >= 0.6 is 0 Å². The average molecular weight is 235 g/mol. The van der Waals surface area contributed by atoms with Crippen molar-refractivity contribution in [1.82, 2.24) is 9.97 Å². The van der Waals surface area contributed by atoms with E-state index >= 15 is 0 Å². The summed E-state index contributed by atoms with van der Waals surface area (Å²) >= 11 is 0. The Morgan fingerprint density at radius 2 is 2.12 bits per heavy atom. The van der Waals surface area contributed by atoms with E-state index in [0.717, 1.165) is 31.4 Å². The van der Waals surface area contributed by atoms with E-state index in [0.29, 0.717) is 31.0 Å². The molecule has 0 unspecified atom stereocenters. The molecule has 2 heterocycles. The van der Waals surface area contributed by atoms with Crippen molar-refractivity contribution in [2.45, 2.75) is 44.2 Å². The van der Waals surface area contributed by atoms with Gasteiger partial charge in [-0.1, -0.05) is 12.8 Å². The van der Waals surface area contributed by atoms with Crippen LogP contribution in [-0.4, -0.2) is 16.6 Å². The lowest BCUT2D eigenvalue weighted by Gasteiger charge is -2.24. The number of fused-ring (bicyclic) bond motifs is 1. The first-order valence-corrected chi connectivity index (χ1v) is 6.18. The molecule has 0 aromatic carbocycles. The van der Waals surface area contributed by atoms with Gasteiger partial charge in [-0.05, 0) is 12.8 Å². The summed E-state index contributed by atoms with van der Waals surface area (Å²) in [6, 6.07) is 0. The molecule has 1 saturated carbocycles. The predicted molar refractivity (Wildman–Crippen MR) is 62.6 cm³/mol. The Labute approximate surface area is 99.4 Å². The van der Waals surface area contributed by atoms with Gasteiger partial charge in [-0.2, -0.15) is 0 Å². The van der Waals surface area contributed by atoms with Crippen LogP contribution in [0.3, 0.4) is 0 Å². The largest absolute Gasteiger partial charge is 0.376 e. The molecule has 92 valence electrons. The van der Waals surface area contributed by atoms with Crippen LogP contribution < -0.4 is 11.3 Å². The van der Waals surface area contributed by atoms with Gasteiger partial charge in [0.05, 0.1) is 30.0 Å². The Morgan fingerprint density at radius 1 is 1.35 bits per heavy atom. The summed E-state index contributed by atoms with van der Waals surface area (Å²) in [5.41, 5.74) is 7.35. The molecule has 2 aliphatic rings. The average Bonchev–Trinajstić information content (AvgIpc) is 2.78. The van der Waals surface area contributed by atoms with E-state index in [1.165, 1.54) is 0 Å². The molecule has 0 radical (unpaired) electrons. The zero-order chi connectivity index (χ0) is 11.9. The van der Waals surface area contributed by atoms with Crippen LogP contribution in [0.5, 0.6) is 0 Å². The standard InChI is InChI=1S/C12H17N3O2/c13-12(4-1-2-5-12)11-14-9-3-6-17-7-8(9)10(16)15-11/h1-7,13H2,(H,14,15,16). The van der Waals surface area contributed by atoms with Crippen molar-refractivity contribution in [3.05, 3.63) is 27.4 Å². The molecule has 0 spiro atoms. The van der Waals surface area contributed by atoms with E-state index in [1.807, 2.05) is 0 Å². The van der Waals surface area contributed by atoms with Crippen molar-refractivity contribution in [3.63, 3.8) is 0 Å². The monoisotopic (exact) mass is 235 g/mol. The number of aromatic nitrogens is 2. The van der Waals surface area contributed by atoms with Gasteiger partial charge in [-0.3, -0.25) is 4.79 Å². The third-order valence-electron chi connectivity index (χ3n) is 3.80. The first-order chi connectivity index (χ1) is 8.19. The van der Waals surface area contributed by atoms with E-state index in [2.05, 4.69) is 9.97 Å². The van der Waals surface area contributed by atoms with Crippen LogP contribution in [-0.2, 0) is 23.3 Å². The molecule has 1 aromatic rings. The normalized spacial score (nSPS) is 22.4. The first-order valence-electron chi connectivity index (χ1n) is 6.18. The fourth-order valence-corrected chi connectivity index (χ4v) is 2.72. The van der Waals surface area contributed by atoms with Crippen molar-refractivity contribution in [3.8, 4) is 0 Å². The van der Waals surface area contributed by atoms with Crippen LogP contribution in [0.2, 0.25) is 0 Å². The van der Waals surface area contributed by atoms with Gasteiger partial charge in [0, 0.05) is 6.42 Å². The van der Waals surface area contributed by atoms with Crippen molar-refractivity contribution in [2.75, 3.05) is 6.61 Å². The molecule has 1 aliphatic heterocycles. The van der Waals surface area contributed by atoms with E-state index in [1.54, 1.807) is 0 Å². The van der Waals surface area contributed by atoms with E-state index in [4.69, 9.17) is 10.5 Å². The minimum Gasteiger partial charge on any atom is -0.376 e. The van der Waals surface area contributed by atoms with Gasteiger partial charge in [-0.15, -0.1) is 0 Å². The molecule has 1 aromatic heterocycles. The molecule has 1 fully saturated rings. The second kappa shape index (κ2) is 3.92. The minimum absolute atomic E-state index is 0.0820. The number of H-pyrrole nitrogens is 1. The highest BCUT2D eigenvalue weighted by atomic mass is 16.5. The molecule has 5 nitrogen and oxygen atoms in total. The number of hydrogen-bond donors (Lipinski definition) is 2. The predicted octanol–water partition coefficient (Wildman–Crippen LogP) is 0.571. The quantitative estimate of drug-likeness (QED) is 0.745. The fraction of sp³-hybridized carbons (Fsp3) is 0.667. The van der Waals surface area contributed by atoms with Gasteiger partial charge in [0.1, 0.15) is 5.82 Å². The van der Waals surface area contributed by atoms with Crippen molar-refractivity contribution in [1.29, 1.82) is 0 Å². The third-order valence-corrected chi connectivity index (χ3v) is 3.80. The lowest BCUT2D eigenvalue weighted by molar-refractivity contribution is 0.107. The Balaban J connectivity index is 2.07. The molecule has 17 heavy (non-hydrogen) atoms. The van der Waals surface area contributed by atoms with Gasteiger partial charge >= 0.3 is 0 Å². The number of ether oxygens (including phenoxy) is 1. The maximum Gasteiger partial charge on any atom is 0.256 e. The highest BCUT2D eigenvalue weighted by Crippen LogP contribution is 2.34. The van der Waals surface area contributed by atoms with Crippen molar-refractivity contribution in [2.24, 2.45) is 5.73 Å². The Morgan fingerprint density at radius 3 is 2.88 bits per heavy atom. The summed E-state index contributed by atoms with van der Waals surface area (Å²) in [6.07, 6.45) is 4.75. The second-order valence-electron chi connectivity index (χ2n) is 5.01. The number of hydrogen-bond acceptors (Lipinski definition) is 4. The van der Waals surface area contributed by atoms with E-state index < -0.39 is 5.54 Å². The summed E-state index contributed by atoms with van der Waals surface area (Å²) in [7, 11) is 0. The summed E-state index contributed by atoms with van der Waals surface area (Å²) in [5, 5.41) is 0. The fourth-order valence-electron chi connectivity index (χ4n) is 2.72. The van der Waals surface area contributed by atoms with Crippen LogP contribution in [0, 0.1) is 0 Å².